The van der Waals surface area contributed by atoms with Gasteiger partial charge in [0, 0.05) is 17.4 Å². The second-order valence-corrected chi connectivity index (χ2v) is 9.69. The van der Waals surface area contributed by atoms with Crippen LogP contribution in [-0.2, 0) is 19.7 Å². The maximum absolute atomic E-state index is 12.7. The van der Waals surface area contributed by atoms with Gasteiger partial charge in [-0.15, -0.1) is 0 Å². The van der Waals surface area contributed by atoms with Crippen molar-refractivity contribution in [2.24, 2.45) is 5.92 Å². The molecule has 1 fully saturated rings. The molecule has 0 bridgehead atoms. The number of fused-ring (bicyclic) bond motifs is 3. The number of methoxy groups -OCH3 is 1. The predicted octanol–water partition coefficient (Wildman–Crippen LogP) is 5.60. The number of esters is 1. The molecular weight excluding hydrogens is 380 g/mol. The maximum Gasteiger partial charge on any atom is 0.315 e. The van der Waals surface area contributed by atoms with Crippen molar-refractivity contribution >= 4 is 5.97 Å². The quantitative estimate of drug-likeness (QED) is 0.372. The minimum absolute atomic E-state index is 0.160. The van der Waals surface area contributed by atoms with E-state index in [1.54, 1.807) is 13.2 Å². The topological polar surface area (TPSA) is 65.0 Å². The number of phenolic OH excluding ortho intramolecular Hbond substituents is 1. The van der Waals surface area contributed by atoms with Crippen LogP contribution < -0.4 is 4.74 Å². The summed E-state index contributed by atoms with van der Waals surface area (Å²) in [7, 11) is 1.67. The minimum atomic E-state index is -0.877. The largest absolute Gasteiger partial charge is 0.508 e. The summed E-state index contributed by atoms with van der Waals surface area (Å²) < 4.78 is 17.1. The number of ether oxygens (including phenoxy) is 3. The SMILES string of the molecule is CCCCOC(=O)C(C)(C)c1cc(O)c2c(c1)OC(C)(C)[C@@H]1CC/C(=C\OC)C[C@H]21. The van der Waals surface area contributed by atoms with Crippen LogP contribution in [0.2, 0.25) is 0 Å². The molecule has 0 radical (unpaired) electrons. The highest BCUT2D eigenvalue weighted by molar-refractivity contribution is 5.82. The van der Waals surface area contributed by atoms with E-state index in [4.69, 9.17) is 14.2 Å². The van der Waals surface area contributed by atoms with Gasteiger partial charge in [0.15, 0.2) is 0 Å². The van der Waals surface area contributed by atoms with Crippen molar-refractivity contribution < 1.29 is 24.1 Å². The van der Waals surface area contributed by atoms with E-state index in [9.17, 15) is 9.90 Å². The molecule has 30 heavy (non-hydrogen) atoms. The molecule has 2 aliphatic rings. The molecule has 1 N–H and O–H groups in total. The van der Waals surface area contributed by atoms with Crippen molar-refractivity contribution in [1.29, 1.82) is 0 Å². The summed E-state index contributed by atoms with van der Waals surface area (Å²) in [4.78, 5) is 12.7. The number of allylic oxidation sites excluding steroid dienone is 1. The fourth-order valence-electron chi connectivity index (χ4n) is 4.87. The lowest BCUT2D eigenvalue weighted by atomic mass is 9.65. The van der Waals surface area contributed by atoms with E-state index in [1.807, 2.05) is 26.2 Å². The third-order valence-electron chi connectivity index (χ3n) is 6.75. The number of carbonyl (C=O) groups is 1. The first kappa shape index (κ1) is 22.5. The number of hydrogen-bond donors (Lipinski definition) is 1. The van der Waals surface area contributed by atoms with Gasteiger partial charge in [0.2, 0.25) is 0 Å². The first-order chi connectivity index (χ1) is 14.1. The number of carbonyl (C=O) groups excluding carboxylic acids is 1. The Morgan fingerprint density at radius 2 is 2.10 bits per heavy atom. The van der Waals surface area contributed by atoms with Gasteiger partial charge in [-0.05, 0) is 76.6 Å². The number of benzene rings is 1. The fraction of sp³-hybridized carbons (Fsp3) is 0.640. The van der Waals surface area contributed by atoms with E-state index in [2.05, 4.69) is 20.8 Å². The Morgan fingerprint density at radius 1 is 1.37 bits per heavy atom. The van der Waals surface area contributed by atoms with Crippen molar-refractivity contribution in [2.75, 3.05) is 13.7 Å². The highest BCUT2D eigenvalue weighted by atomic mass is 16.5. The van der Waals surface area contributed by atoms with Gasteiger partial charge < -0.3 is 19.3 Å². The molecule has 0 unspecified atom stereocenters. The van der Waals surface area contributed by atoms with Crippen LogP contribution in [0, 0.1) is 5.92 Å². The second kappa shape index (κ2) is 8.52. The highest BCUT2D eigenvalue weighted by Gasteiger charge is 2.47. The summed E-state index contributed by atoms with van der Waals surface area (Å²) >= 11 is 0. The molecule has 3 rings (SSSR count). The summed E-state index contributed by atoms with van der Waals surface area (Å²) in [5.74, 6) is 1.05. The van der Waals surface area contributed by atoms with Crippen LogP contribution in [0.3, 0.4) is 0 Å². The number of hydrogen-bond acceptors (Lipinski definition) is 5. The Kier molecular flexibility index (Phi) is 6.40. The lowest BCUT2D eigenvalue weighted by Gasteiger charge is -2.48. The Bertz CT molecular complexity index is 821. The average Bonchev–Trinajstić information content (AvgIpc) is 2.67. The molecule has 1 saturated carbocycles. The Morgan fingerprint density at radius 3 is 2.77 bits per heavy atom. The van der Waals surface area contributed by atoms with Gasteiger partial charge >= 0.3 is 5.97 Å². The van der Waals surface area contributed by atoms with E-state index in [-0.39, 0.29) is 23.2 Å². The molecule has 1 aliphatic carbocycles. The number of phenols is 1. The molecule has 1 aliphatic heterocycles. The second-order valence-electron chi connectivity index (χ2n) is 9.69. The summed E-state index contributed by atoms with van der Waals surface area (Å²) in [6, 6.07) is 3.63. The van der Waals surface area contributed by atoms with E-state index < -0.39 is 5.41 Å². The molecular formula is C25H36O5. The number of aromatic hydroxyl groups is 1. The molecule has 0 aromatic heterocycles. The van der Waals surface area contributed by atoms with Crippen LogP contribution in [0.25, 0.3) is 0 Å². The van der Waals surface area contributed by atoms with E-state index in [0.29, 0.717) is 23.8 Å². The van der Waals surface area contributed by atoms with Crippen molar-refractivity contribution in [1.82, 2.24) is 0 Å². The van der Waals surface area contributed by atoms with Gasteiger partial charge in [0.25, 0.3) is 0 Å². The van der Waals surface area contributed by atoms with Gasteiger partial charge in [-0.3, -0.25) is 4.79 Å². The smallest absolute Gasteiger partial charge is 0.315 e. The summed E-state index contributed by atoms with van der Waals surface area (Å²) in [5, 5.41) is 11.0. The van der Waals surface area contributed by atoms with Gasteiger partial charge in [-0.1, -0.05) is 13.3 Å². The first-order valence-corrected chi connectivity index (χ1v) is 11.1. The van der Waals surface area contributed by atoms with Crippen molar-refractivity contribution in [3.63, 3.8) is 0 Å². The zero-order chi connectivity index (χ0) is 22.1. The molecule has 1 heterocycles. The van der Waals surface area contributed by atoms with Crippen LogP contribution in [0.4, 0.5) is 0 Å². The fourth-order valence-corrected chi connectivity index (χ4v) is 4.87. The van der Waals surface area contributed by atoms with Gasteiger partial charge in [-0.25, -0.2) is 0 Å². The van der Waals surface area contributed by atoms with Crippen LogP contribution in [0.5, 0.6) is 11.5 Å². The highest BCUT2D eigenvalue weighted by Crippen LogP contribution is 2.55. The molecule has 0 saturated heterocycles. The Hall–Kier alpha value is -2.17. The molecule has 2 atom stereocenters. The third-order valence-corrected chi connectivity index (χ3v) is 6.75. The lowest BCUT2D eigenvalue weighted by Crippen LogP contribution is -2.46. The summed E-state index contributed by atoms with van der Waals surface area (Å²) in [5.41, 5.74) is 1.58. The molecule has 0 spiro atoms. The van der Waals surface area contributed by atoms with E-state index in [1.165, 1.54) is 5.57 Å². The third kappa shape index (κ3) is 4.17. The predicted molar refractivity (Wildman–Crippen MR) is 117 cm³/mol. The van der Waals surface area contributed by atoms with Crippen molar-refractivity contribution in [2.45, 2.75) is 83.7 Å². The molecule has 1 aromatic carbocycles. The van der Waals surface area contributed by atoms with Crippen LogP contribution >= 0.6 is 0 Å². The van der Waals surface area contributed by atoms with Crippen molar-refractivity contribution in [3.05, 3.63) is 35.1 Å². The van der Waals surface area contributed by atoms with Gasteiger partial charge in [0.05, 0.1) is 25.4 Å². The van der Waals surface area contributed by atoms with Crippen molar-refractivity contribution in [3.8, 4) is 11.5 Å². The zero-order valence-corrected chi connectivity index (χ0v) is 19.2. The molecule has 5 heteroatoms. The molecule has 5 nitrogen and oxygen atoms in total. The van der Waals surface area contributed by atoms with Crippen LogP contribution in [0.1, 0.15) is 83.8 Å². The van der Waals surface area contributed by atoms with Crippen LogP contribution in [0.15, 0.2) is 24.0 Å². The minimum Gasteiger partial charge on any atom is -0.508 e. The van der Waals surface area contributed by atoms with Gasteiger partial charge in [-0.2, -0.15) is 0 Å². The standard InChI is InChI=1S/C25H36O5/c1-7-8-11-29-23(27)24(2,3)17-13-20(26)22-18-12-16(15-28-6)9-10-19(18)25(4,5)30-21(22)14-17/h13-15,18-19,26H,7-12H2,1-6H3/b16-15+/t18-,19+/m0/s1. The van der Waals surface area contributed by atoms with E-state index in [0.717, 1.165) is 37.7 Å². The monoisotopic (exact) mass is 416 g/mol. The zero-order valence-electron chi connectivity index (χ0n) is 19.2. The molecule has 1 aromatic rings. The summed E-state index contributed by atoms with van der Waals surface area (Å²) in [6.07, 6.45) is 6.45. The molecule has 166 valence electrons. The normalized spacial score (nSPS) is 23.9. The van der Waals surface area contributed by atoms with Crippen LogP contribution in [-0.4, -0.2) is 30.4 Å². The summed E-state index contributed by atoms with van der Waals surface area (Å²) in [6.45, 7) is 10.4. The van der Waals surface area contributed by atoms with Gasteiger partial charge in [0.1, 0.15) is 17.1 Å². The number of unbranched alkanes of at least 4 members (excludes halogenated alkanes) is 1. The van der Waals surface area contributed by atoms with E-state index >= 15 is 0 Å². The molecule has 0 amide bonds. The maximum atomic E-state index is 12.7. The number of rotatable bonds is 6. The first-order valence-electron chi connectivity index (χ1n) is 11.1. The Labute approximate surface area is 180 Å². The Balaban J connectivity index is 1.98. The average molecular weight is 417 g/mol. The lowest BCUT2D eigenvalue weighted by molar-refractivity contribution is -0.149.